The number of carbonyl (C=O) groups excluding carboxylic acids is 1. The van der Waals surface area contributed by atoms with Gasteiger partial charge in [-0.1, -0.05) is 19.8 Å². The van der Waals surface area contributed by atoms with Crippen LogP contribution in [0.5, 0.6) is 11.5 Å². The fourth-order valence-corrected chi connectivity index (χ4v) is 6.69. The third-order valence-electron chi connectivity index (χ3n) is 5.95. The highest BCUT2D eigenvalue weighted by molar-refractivity contribution is 9.10. The molecular weight excluding hydrogens is 560 g/mol. The van der Waals surface area contributed by atoms with Crippen LogP contribution in [0, 0.1) is 0 Å². The number of carbonyl (C=O) groups is 2. The number of benzene rings is 1. The zero-order valence-corrected chi connectivity index (χ0v) is 24.4. The maximum absolute atomic E-state index is 11.8. The summed E-state index contributed by atoms with van der Waals surface area (Å²) in [5.74, 6) is -0.211. The van der Waals surface area contributed by atoms with Crippen LogP contribution in [0.15, 0.2) is 28.9 Å². The molecule has 2 aromatic rings. The topological polar surface area (TPSA) is 117 Å². The quantitative estimate of drug-likeness (QED) is 0.233. The van der Waals surface area contributed by atoms with Crippen molar-refractivity contribution in [1.82, 2.24) is 9.97 Å². The van der Waals surface area contributed by atoms with Gasteiger partial charge in [-0.3, -0.25) is 4.79 Å². The molecule has 2 atom stereocenters. The van der Waals surface area contributed by atoms with Crippen LogP contribution < -0.4 is 9.16 Å². The number of carboxylic acid groups (broad SMARTS) is 1. The number of carboxylic acids is 1. The highest BCUT2D eigenvalue weighted by atomic mass is 79.9. The van der Waals surface area contributed by atoms with E-state index in [1.807, 2.05) is 0 Å². The van der Waals surface area contributed by atoms with Gasteiger partial charge in [0.15, 0.2) is 5.82 Å². The van der Waals surface area contributed by atoms with Gasteiger partial charge in [-0.25, -0.2) is 14.8 Å². The van der Waals surface area contributed by atoms with E-state index in [1.165, 1.54) is 6.92 Å². The lowest BCUT2D eigenvalue weighted by atomic mass is 10.1. The second kappa shape index (κ2) is 13.3. The molecule has 9 nitrogen and oxygen atoms in total. The number of rotatable bonds is 13. The normalized spacial score (nSPS) is 16.3. The highest BCUT2D eigenvalue weighted by Crippen LogP contribution is 2.36. The predicted molar refractivity (Wildman–Crippen MR) is 143 cm³/mol. The molecule has 1 fully saturated rings. The number of hydrogen-bond donors (Lipinski definition) is 1. The second-order valence-corrected chi connectivity index (χ2v) is 14.8. The van der Waals surface area contributed by atoms with Gasteiger partial charge in [-0.2, -0.15) is 0 Å². The van der Waals surface area contributed by atoms with E-state index in [1.54, 1.807) is 24.4 Å². The molecule has 1 aliphatic heterocycles. The van der Waals surface area contributed by atoms with Crippen LogP contribution in [-0.2, 0) is 32.1 Å². The van der Waals surface area contributed by atoms with E-state index in [-0.39, 0.29) is 19.1 Å². The molecule has 11 heteroatoms. The first-order chi connectivity index (χ1) is 17.6. The molecular formula is C26H35BrN2O7Si. The predicted octanol–water partition coefficient (Wildman–Crippen LogP) is 5.61. The lowest BCUT2D eigenvalue weighted by Crippen LogP contribution is -2.34. The van der Waals surface area contributed by atoms with E-state index >= 15 is 0 Å². The number of aromatic nitrogens is 2. The molecule has 1 aliphatic rings. The Balaban J connectivity index is 1.87. The molecule has 1 saturated heterocycles. The third-order valence-corrected chi connectivity index (χ3v) is 8.90. The smallest absolute Gasteiger partial charge is 0.345 e. The molecule has 1 aromatic heterocycles. The minimum Gasteiger partial charge on any atom is -0.543 e. The summed E-state index contributed by atoms with van der Waals surface area (Å²) in [6.07, 6.45) is 4.16. The van der Waals surface area contributed by atoms with Crippen molar-refractivity contribution in [1.29, 1.82) is 0 Å². The SMILES string of the molecule is CCCC[Si](C)(C)Oc1cc(CC(OC(C)=O)C(=O)O)c(OCc2ccnc([C@@H]3CCCO3)n2)cc1Br. The fourth-order valence-electron chi connectivity index (χ4n) is 4.06. The third kappa shape index (κ3) is 8.79. The first-order valence-electron chi connectivity index (χ1n) is 12.6. The van der Waals surface area contributed by atoms with Gasteiger partial charge in [-0.15, -0.1) is 0 Å². The summed E-state index contributed by atoms with van der Waals surface area (Å²) < 4.78 is 24.0. The van der Waals surface area contributed by atoms with Crippen molar-refractivity contribution in [3.05, 3.63) is 46.0 Å². The molecule has 0 bridgehead atoms. The molecule has 1 N–H and O–H groups in total. The molecule has 0 spiro atoms. The van der Waals surface area contributed by atoms with E-state index in [4.69, 9.17) is 18.6 Å². The summed E-state index contributed by atoms with van der Waals surface area (Å²) in [4.78, 5) is 32.3. The Morgan fingerprint density at radius 2 is 2.08 bits per heavy atom. The van der Waals surface area contributed by atoms with E-state index < -0.39 is 26.4 Å². The summed E-state index contributed by atoms with van der Waals surface area (Å²) in [5, 5.41) is 9.64. The Kier molecular flexibility index (Phi) is 10.5. The number of hydrogen-bond acceptors (Lipinski definition) is 8. The molecule has 1 unspecified atom stereocenters. The van der Waals surface area contributed by atoms with Gasteiger partial charge in [0.05, 0.1) is 10.2 Å². The molecule has 0 radical (unpaired) electrons. The van der Waals surface area contributed by atoms with Crippen molar-refractivity contribution in [2.24, 2.45) is 0 Å². The van der Waals surface area contributed by atoms with E-state index in [9.17, 15) is 14.7 Å². The first kappa shape index (κ1) is 29.1. The number of unbranched alkanes of at least 4 members (excludes halogenated alkanes) is 1. The maximum Gasteiger partial charge on any atom is 0.345 e. The average Bonchev–Trinajstić information content (AvgIpc) is 3.38. The maximum atomic E-state index is 11.8. The minimum atomic E-state index is -2.02. The van der Waals surface area contributed by atoms with Crippen LogP contribution in [-0.4, -0.2) is 48.0 Å². The van der Waals surface area contributed by atoms with Gasteiger partial charge in [0.25, 0.3) is 0 Å². The van der Waals surface area contributed by atoms with Crippen molar-refractivity contribution >= 4 is 36.2 Å². The van der Waals surface area contributed by atoms with Crippen LogP contribution in [0.4, 0.5) is 0 Å². The fraction of sp³-hybridized carbons (Fsp3) is 0.538. The number of aliphatic carboxylic acids is 1. The Morgan fingerprint density at radius 3 is 2.73 bits per heavy atom. The van der Waals surface area contributed by atoms with Crippen molar-refractivity contribution in [3.8, 4) is 11.5 Å². The van der Waals surface area contributed by atoms with Gasteiger partial charge < -0.3 is 23.7 Å². The lowest BCUT2D eigenvalue weighted by Gasteiger charge is -2.26. The number of halogens is 1. The summed E-state index contributed by atoms with van der Waals surface area (Å²) in [7, 11) is -2.02. The van der Waals surface area contributed by atoms with Gasteiger partial charge in [0.1, 0.15) is 24.2 Å². The average molecular weight is 596 g/mol. The minimum absolute atomic E-state index is 0.0736. The lowest BCUT2D eigenvalue weighted by molar-refractivity contribution is -0.162. The van der Waals surface area contributed by atoms with Crippen LogP contribution >= 0.6 is 15.9 Å². The highest BCUT2D eigenvalue weighted by Gasteiger charge is 2.28. The van der Waals surface area contributed by atoms with E-state index in [0.717, 1.165) is 31.7 Å². The van der Waals surface area contributed by atoms with Gasteiger partial charge in [-0.05, 0) is 66.1 Å². The van der Waals surface area contributed by atoms with Crippen LogP contribution in [0.2, 0.25) is 19.1 Å². The van der Waals surface area contributed by atoms with Crippen molar-refractivity contribution in [2.45, 2.75) is 83.9 Å². The number of esters is 1. The molecule has 1 aromatic carbocycles. The van der Waals surface area contributed by atoms with Gasteiger partial charge >= 0.3 is 11.9 Å². The largest absolute Gasteiger partial charge is 0.543 e. The Bertz CT molecular complexity index is 1090. The molecule has 0 saturated carbocycles. The van der Waals surface area contributed by atoms with Crippen LogP contribution in [0.1, 0.15) is 62.7 Å². The Hall–Kier alpha value is -2.50. The summed E-state index contributed by atoms with van der Waals surface area (Å²) in [6.45, 7) is 8.48. The Labute approximate surface area is 227 Å². The Morgan fingerprint density at radius 1 is 1.30 bits per heavy atom. The van der Waals surface area contributed by atoms with Crippen molar-refractivity contribution < 1.29 is 33.3 Å². The van der Waals surface area contributed by atoms with E-state index in [2.05, 4.69) is 45.9 Å². The zero-order chi connectivity index (χ0) is 27.0. The van der Waals surface area contributed by atoms with Crippen LogP contribution in [0.25, 0.3) is 0 Å². The second-order valence-electron chi connectivity index (χ2n) is 9.69. The number of nitrogens with zero attached hydrogens (tertiary/aromatic N) is 2. The molecule has 37 heavy (non-hydrogen) atoms. The standard InChI is InChI=1S/C26H35BrN2O7Si/c1-5-6-12-37(3,4)36-23-13-18(14-24(26(31)32)35-17(2)30)22(15-20(23)27)34-16-19-9-10-28-25(29-19)21-8-7-11-33-21/h9-10,13,15,21,24H,5-8,11-12,14,16H2,1-4H3,(H,31,32)/t21-,24?/m0/s1. The molecule has 3 rings (SSSR count). The van der Waals surface area contributed by atoms with Gasteiger partial charge in [0.2, 0.25) is 14.4 Å². The molecule has 0 amide bonds. The zero-order valence-electron chi connectivity index (χ0n) is 21.8. The van der Waals surface area contributed by atoms with Crippen LogP contribution in [0.3, 0.4) is 0 Å². The summed E-state index contributed by atoms with van der Waals surface area (Å²) in [6, 6.07) is 6.31. The molecule has 202 valence electrons. The summed E-state index contributed by atoms with van der Waals surface area (Å²) in [5.41, 5.74) is 1.23. The monoisotopic (exact) mass is 594 g/mol. The van der Waals surface area contributed by atoms with Crippen molar-refractivity contribution in [3.63, 3.8) is 0 Å². The molecule has 0 aliphatic carbocycles. The van der Waals surface area contributed by atoms with E-state index in [0.29, 0.717) is 39.7 Å². The summed E-state index contributed by atoms with van der Waals surface area (Å²) >= 11 is 3.59. The van der Waals surface area contributed by atoms with Crippen molar-refractivity contribution in [2.75, 3.05) is 6.61 Å². The molecule has 2 heterocycles. The van der Waals surface area contributed by atoms with Gasteiger partial charge in [0, 0.05) is 31.7 Å². The number of ether oxygens (including phenoxy) is 3. The first-order valence-corrected chi connectivity index (χ1v) is 16.5.